The largest absolute Gasteiger partial charge is 0.474 e. The standard InChI is InChI=1S/C31H37N9O12P2/c1-15(32)27(42)34-10-16-4-2-3-5-19(16)28(43)38-31-37-26-23(29(44)39-31)36-14-40(26)30-25-24(41)21(50-30)12-48-53(45)51-20-9-18(49-22-6-7-33-13-35-22)8-17(20)11-47-54(46)52-25/h2-7,13-15,17-18,20-21,24-25,30,41,53-54H,8-12,32H2,1H3,(H,34,42)(H2,37,38,39,43,44)/t15-,17+,18+,20-,21+,24+,25+,30+/m0/s1. The third kappa shape index (κ3) is 8.44. The van der Waals surface area contributed by atoms with Crippen molar-refractivity contribution in [2.75, 3.05) is 18.5 Å². The van der Waals surface area contributed by atoms with Gasteiger partial charge < -0.3 is 39.2 Å². The van der Waals surface area contributed by atoms with Crippen molar-refractivity contribution < 1.29 is 51.4 Å². The van der Waals surface area contributed by atoms with E-state index in [1.165, 1.54) is 36.4 Å². The van der Waals surface area contributed by atoms with Gasteiger partial charge in [-0.1, -0.05) is 18.2 Å². The number of hydrogen-bond acceptors (Lipinski definition) is 17. The maximum Gasteiger partial charge on any atom is 0.319 e. The zero-order valence-corrected chi connectivity index (χ0v) is 30.5. The van der Waals surface area contributed by atoms with Gasteiger partial charge in [-0.15, -0.1) is 0 Å². The highest BCUT2D eigenvalue weighted by Crippen LogP contribution is 2.44. The highest BCUT2D eigenvalue weighted by Gasteiger charge is 2.48. The molecule has 2 aliphatic heterocycles. The van der Waals surface area contributed by atoms with Crippen LogP contribution in [0.1, 0.15) is 41.9 Å². The maximum absolute atomic E-state index is 13.4. The van der Waals surface area contributed by atoms with Crippen LogP contribution in [0.5, 0.6) is 5.88 Å². The average molecular weight is 790 g/mol. The lowest BCUT2D eigenvalue weighted by Crippen LogP contribution is -2.38. The van der Waals surface area contributed by atoms with E-state index in [9.17, 15) is 28.6 Å². The fourth-order valence-electron chi connectivity index (χ4n) is 6.39. The molecule has 6 N–H and O–H groups in total. The maximum atomic E-state index is 13.4. The number of aliphatic hydroxyl groups is 1. The van der Waals surface area contributed by atoms with Crippen molar-refractivity contribution in [3.8, 4) is 5.88 Å². The predicted molar refractivity (Wildman–Crippen MR) is 187 cm³/mol. The lowest BCUT2D eigenvalue weighted by atomic mass is 10.1. The number of nitrogens with two attached hydrogens (primary N) is 1. The number of hydrogen-bond donors (Lipinski definition) is 5. The lowest BCUT2D eigenvalue weighted by Gasteiger charge is -2.23. The number of carbonyl (C=O) groups excluding carboxylic acids is 2. The third-order valence-corrected chi connectivity index (χ3v) is 10.8. The number of carbonyl (C=O) groups is 2. The first kappa shape index (κ1) is 37.9. The van der Waals surface area contributed by atoms with Crippen LogP contribution in [0.3, 0.4) is 0 Å². The summed E-state index contributed by atoms with van der Waals surface area (Å²) in [6.07, 6.45) is -1.49. The van der Waals surface area contributed by atoms with E-state index in [0.717, 1.165) is 0 Å². The summed E-state index contributed by atoms with van der Waals surface area (Å²) in [5.41, 5.74) is 5.34. The summed E-state index contributed by atoms with van der Waals surface area (Å²) < 4.78 is 62.2. The lowest BCUT2D eigenvalue weighted by molar-refractivity contribution is -0.122. The van der Waals surface area contributed by atoms with E-state index in [1.54, 1.807) is 24.3 Å². The van der Waals surface area contributed by atoms with Crippen molar-refractivity contribution in [1.29, 1.82) is 0 Å². The minimum absolute atomic E-state index is 0.0153. The molecule has 10 atom stereocenters. The van der Waals surface area contributed by atoms with E-state index >= 15 is 0 Å². The molecule has 2 bridgehead atoms. The number of aromatic nitrogens is 6. The topological polar surface area (TPSA) is 283 Å². The summed E-state index contributed by atoms with van der Waals surface area (Å²) in [6.45, 7) is 1.03. The summed E-state index contributed by atoms with van der Waals surface area (Å²) in [4.78, 5) is 57.4. The van der Waals surface area contributed by atoms with Crippen LogP contribution in [0.4, 0.5) is 5.95 Å². The second-order valence-corrected chi connectivity index (χ2v) is 14.8. The molecule has 0 spiro atoms. The molecule has 3 fully saturated rings. The molecule has 54 heavy (non-hydrogen) atoms. The van der Waals surface area contributed by atoms with Crippen LogP contribution in [0.25, 0.3) is 11.2 Å². The number of amides is 2. The van der Waals surface area contributed by atoms with Gasteiger partial charge in [-0.25, -0.2) is 15.0 Å². The third-order valence-electron chi connectivity index (χ3n) is 9.07. The number of benzene rings is 1. The van der Waals surface area contributed by atoms with Crippen LogP contribution in [-0.2, 0) is 43.3 Å². The molecule has 23 heteroatoms. The van der Waals surface area contributed by atoms with Gasteiger partial charge in [0.1, 0.15) is 30.7 Å². The Bertz CT molecular complexity index is 2100. The Balaban J connectivity index is 1.09. The Kier molecular flexibility index (Phi) is 11.6. The molecule has 0 radical (unpaired) electrons. The SMILES string of the molecule is C[C@H](N)C(=O)NCc1ccccc1C(=O)Nc1nc2c(ncn2[C@@H]2O[C@@H]3CO[PH](=O)O[C@H]4C[C@H](Oc5ccncn5)C[C@@H]4CO[PH](=O)O[C@@H]2[C@@H]3O)c(=O)[nH]1. The van der Waals surface area contributed by atoms with Gasteiger partial charge in [-0.3, -0.25) is 42.9 Å². The van der Waals surface area contributed by atoms with Gasteiger partial charge in [-0.2, -0.15) is 4.98 Å². The molecule has 1 aliphatic carbocycles. The quantitative estimate of drug-likeness (QED) is 0.155. The van der Waals surface area contributed by atoms with E-state index in [4.69, 9.17) is 33.3 Å². The molecule has 2 unspecified atom stereocenters. The highest BCUT2D eigenvalue weighted by atomic mass is 31.1. The van der Waals surface area contributed by atoms with Crippen LogP contribution < -0.4 is 26.7 Å². The summed E-state index contributed by atoms with van der Waals surface area (Å²) >= 11 is 0. The van der Waals surface area contributed by atoms with Gasteiger partial charge in [0.25, 0.3) is 11.5 Å². The average Bonchev–Trinajstić information content (AvgIpc) is 3.84. The molecule has 1 saturated carbocycles. The van der Waals surface area contributed by atoms with E-state index in [1.807, 2.05) is 0 Å². The van der Waals surface area contributed by atoms with Crippen LogP contribution in [-0.4, -0.2) is 96.2 Å². The highest BCUT2D eigenvalue weighted by molar-refractivity contribution is 7.33. The number of ether oxygens (including phenoxy) is 2. The summed E-state index contributed by atoms with van der Waals surface area (Å²) in [7, 11) is -6.44. The van der Waals surface area contributed by atoms with Crippen LogP contribution in [0.2, 0.25) is 0 Å². The van der Waals surface area contributed by atoms with E-state index in [-0.39, 0.29) is 41.9 Å². The monoisotopic (exact) mass is 789 g/mol. The number of nitrogens with one attached hydrogen (secondary N) is 3. The van der Waals surface area contributed by atoms with Crippen molar-refractivity contribution in [2.24, 2.45) is 11.7 Å². The Labute approximate surface area is 307 Å². The summed E-state index contributed by atoms with van der Waals surface area (Å²) in [5.74, 6) is -1.36. The number of nitrogens with zero attached hydrogens (tertiary/aromatic N) is 5. The van der Waals surface area contributed by atoms with Crippen LogP contribution in [0, 0.1) is 5.92 Å². The number of imidazole rings is 1. The molecule has 5 heterocycles. The molecule has 2 saturated heterocycles. The zero-order valence-electron chi connectivity index (χ0n) is 28.5. The molecule has 1 aromatic carbocycles. The Morgan fingerprint density at radius 2 is 1.91 bits per heavy atom. The van der Waals surface area contributed by atoms with E-state index in [2.05, 4.69) is 35.6 Å². The fraction of sp³-hybridized carbons (Fsp3) is 0.452. The molecule has 7 rings (SSSR count). The second kappa shape index (κ2) is 16.5. The first-order valence-corrected chi connectivity index (χ1v) is 19.3. The number of fused-ring (bicyclic) bond motifs is 4. The second-order valence-electron chi connectivity index (χ2n) is 12.8. The summed E-state index contributed by atoms with van der Waals surface area (Å²) in [5, 5.41) is 16.5. The molecule has 2 amide bonds. The van der Waals surface area contributed by atoms with E-state index in [0.29, 0.717) is 24.3 Å². The van der Waals surface area contributed by atoms with Gasteiger partial charge in [0, 0.05) is 36.7 Å². The minimum Gasteiger partial charge on any atom is -0.474 e. The van der Waals surface area contributed by atoms with Gasteiger partial charge in [-0.05, 0) is 25.0 Å². The van der Waals surface area contributed by atoms with Gasteiger partial charge in [0.15, 0.2) is 17.4 Å². The van der Waals surface area contributed by atoms with Crippen LogP contribution >= 0.6 is 16.5 Å². The molecule has 288 valence electrons. The minimum atomic E-state index is -3.31. The molecule has 4 aromatic rings. The fourth-order valence-corrected chi connectivity index (χ4v) is 8.19. The molecule has 3 aliphatic rings. The molecular formula is C31H37N9O12P2. The van der Waals surface area contributed by atoms with Gasteiger partial charge in [0.2, 0.25) is 17.7 Å². The number of aromatic amines is 1. The Morgan fingerprint density at radius 3 is 2.70 bits per heavy atom. The smallest absolute Gasteiger partial charge is 0.319 e. The zero-order chi connectivity index (χ0) is 37.9. The molecule has 3 aromatic heterocycles. The first-order chi connectivity index (χ1) is 26.0. The Hall–Kier alpha value is -4.43. The normalized spacial score (nSPS) is 29.3. The predicted octanol–water partition coefficient (Wildman–Crippen LogP) is 0.838. The van der Waals surface area contributed by atoms with Crippen molar-refractivity contribution >= 4 is 45.4 Å². The first-order valence-electron chi connectivity index (χ1n) is 16.9. The molecule has 21 nitrogen and oxygen atoms in total. The number of aliphatic hydroxyl groups excluding tert-OH is 1. The van der Waals surface area contributed by atoms with E-state index < -0.39 is 83.1 Å². The van der Waals surface area contributed by atoms with Crippen molar-refractivity contribution in [3.63, 3.8) is 0 Å². The van der Waals surface area contributed by atoms with Crippen molar-refractivity contribution in [2.45, 2.75) is 69.1 Å². The molecular weight excluding hydrogens is 752 g/mol. The number of anilines is 1. The Morgan fingerprint density at radius 1 is 1.11 bits per heavy atom. The number of rotatable bonds is 8. The van der Waals surface area contributed by atoms with Gasteiger partial charge >= 0.3 is 16.5 Å². The van der Waals surface area contributed by atoms with Crippen LogP contribution in [0.15, 0.2) is 54.0 Å². The summed E-state index contributed by atoms with van der Waals surface area (Å²) in [6, 6.07) is 7.35. The van der Waals surface area contributed by atoms with Gasteiger partial charge in [0.05, 0.1) is 31.7 Å². The van der Waals surface area contributed by atoms with Crippen molar-refractivity contribution in [1.82, 2.24) is 34.8 Å². The van der Waals surface area contributed by atoms with Crippen molar-refractivity contribution in [3.05, 3.63) is 70.7 Å². The number of H-pyrrole nitrogens is 1.